The fraction of sp³-hybridized carbons (Fsp3) is 0.652. The number of nitrogens with zero attached hydrogens (tertiary/aromatic N) is 1. The lowest BCUT2D eigenvalue weighted by atomic mass is 9.97. The summed E-state index contributed by atoms with van der Waals surface area (Å²) in [6.07, 6.45) is 8.94. The molecule has 2 heterocycles. The van der Waals surface area contributed by atoms with Crippen molar-refractivity contribution in [3.8, 4) is 0 Å². The van der Waals surface area contributed by atoms with Gasteiger partial charge in [-0.3, -0.25) is 4.90 Å². The van der Waals surface area contributed by atoms with E-state index in [2.05, 4.69) is 75.2 Å². The quantitative estimate of drug-likeness (QED) is 0.324. The molecule has 0 radical (unpaired) electrons. The Morgan fingerprint density at radius 1 is 1.12 bits per heavy atom. The number of hydrogen-bond acceptors (Lipinski definition) is 2. The Balaban J connectivity index is 1.49. The Hall–Kier alpha value is -0.903. The van der Waals surface area contributed by atoms with Gasteiger partial charge < -0.3 is 4.43 Å². The van der Waals surface area contributed by atoms with Crippen LogP contribution < -0.4 is 0 Å². The molecule has 0 saturated carbocycles. The van der Waals surface area contributed by atoms with Gasteiger partial charge in [-0.15, -0.1) is 0 Å². The van der Waals surface area contributed by atoms with Crippen LogP contribution in [-0.4, -0.2) is 31.9 Å². The third-order valence-corrected chi connectivity index (χ3v) is 11.3. The van der Waals surface area contributed by atoms with Crippen LogP contribution in [0.5, 0.6) is 0 Å². The molecule has 2 nitrogen and oxygen atoms in total. The summed E-state index contributed by atoms with van der Waals surface area (Å²) in [5.41, 5.74) is 3.13. The standard InChI is InChI=1S/C23H37NOSi/c1-23(2,3)26(4,5)25-15-9-12-20-16-21-13-14-22(17-20)24(21)18-19-10-7-6-8-11-19/h6-8,10-11,16,21-22H,9,12-15,17-18H2,1-5H3. The molecule has 0 aromatic heterocycles. The third kappa shape index (κ3) is 4.68. The first kappa shape index (κ1) is 19.8. The number of rotatable bonds is 7. The first-order valence-electron chi connectivity index (χ1n) is 10.4. The summed E-state index contributed by atoms with van der Waals surface area (Å²) in [6.45, 7) is 13.7. The van der Waals surface area contributed by atoms with Gasteiger partial charge >= 0.3 is 0 Å². The molecule has 0 aliphatic carbocycles. The summed E-state index contributed by atoms with van der Waals surface area (Å²) in [5.74, 6) is 0. The molecule has 1 aromatic carbocycles. The Bertz CT molecular complexity index is 617. The maximum atomic E-state index is 6.36. The van der Waals surface area contributed by atoms with Crippen molar-refractivity contribution in [2.24, 2.45) is 0 Å². The molecule has 0 amide bonds. The first-order valence-corrected chi connectivity index (χ1v) is 13.3. The summed E-state index contributed by atoms with van der Waals surface area (Å²) < 4.78 is 6.36. The van der Waals surface area contributed by atoms with Gasteiger partial charge in [-0.05, 0) is 55.8 Å². The molecule has 0 N–H and O–H groups in total. The van der Waals surface area contributed by atoms with E-state index in [1.807, 2.05) is 0 Å². The Kier molecular flexibility index (Phi) is 6.10. The first-order chi connectivity index (χ1) is 12.3. The molecular formula is C23H37NOSi. The second-order valence-electron chi connectivity index (χ2n) is 9.70. The van der Waals surface area contributed by atoms with E-state index in [9.17, 15) is 0 Å². The minimum Gasteiger partial charge on any atom is -0.417 e. The fourth-order valence-corrected chi connectivity index (χ4v) is 5.16. The summed E-state index contributed by atoms with van der Waals surface area (Å²) in [4.78, 5) is 2.73. The largest absolute Gasteiger partial charge is 0.417 e. The third-order valence-electron chi connectivity index (χ3n) is 6.74. The van der Waals surface area contributed by atoms with Gasteiger partial charge in [-0.2, -0.15) is 0 Å². The highest BCUT2D eigenvalue weighted by atomic mass is 28.4. The van der Waals surface area contributed by atoms with Gasteiger partial charge in [0.15, 0.2) is 8.32 Å². The highest BCUT2D eigenvalue weighted by molar-refractivity contribution is 6.74. The lowest BCUT2D eigenvalue weighted by Gasteiger charge is -2.36. The zero-order valence-electron chi connectivity index (χ0n) is 17.4. The topological polar surface area (TPSA) is 12.5 Å². The highest BCUT2D eigenvalue weighted by Gasteiger charge is 2.37. The average molecular weight is 372 g/mol. The Morgan fingerprint density at radius 3 is 2.50 bits per heavy atom. The molecule has 2 atom stereocenters. The van der Waals surface area contributed by atoms with E-state index in [0.29, 0.717) is 11.1 Å². The molecule has 2 aliphatic rings. The number of benzene rings is 1. The van der Waals surface area contributed by atoms with Crippen LogP contribution in [-0.2, 0) is 11.0 Å². The predicted molar refractivity (Wildman–Crippen MR) is 114 cm³/mol. The minimum absolute atomic E-state index is 0.314. The predicted octanol–water partition coefficient (Wildman–Crippen LogP) is 6.15. The van der Waals surface area contributed by atoms with Gasteiger partial charge in [-0.25, -0.2) is 0 Å². The van der Waals surface area contributed by atoms with Crippen LogP contribution in [0.3, 0.4) is 0 Å². The normalized spacial score (nSPS) is 24.0. The van der Waals surface area contributed by atoms with Gasteiger partial charge in [-0.1, -0.05) is 62.8 Å². The molecule has 3 heteroatoms. The van der Waals surface area contributed by atoms with Gasteiger partial charge in [0, 0.05) is 25.2 Å². The molecule has 2 bridgehead atoms. The molecule has 1 aromatic rings. The van der Waals surface area contributed by atoms with E-state index >= 15 is 0 Å². The van der Waals surface area contributed by atoms with Crippen LogP contribution >= 0.6 is 0 Å². The van der Waals surface area contributed by atoms with E-state index in [-0.39, 0.29) is 0 Å². The zero-order chi connectivity index (χ0) is 18.8. The van der Waals surface area contributed by atoms with E-state index in [1.54, 1.807) is 5.57 Å². The average Bonchev–Trinajstić information content (AvgIpc) is 2.80. The lowest BCUT2D eigenvalue weighted by molar-refractivity contribution is 0.193. The maximum absolute atomic E-state index is 6.36. The molecule has 3 rings (SSSR count). The van der Waals surface area contributed by atoms with Crippen molar-refractivity contribution in [1.82, 2.24) is 4.90 Å². The molecule has 2 aliphatic heterocycles. The summed E-state index contributed by atoms with van der Waals surface area (Å²) in [7, 11) is -1.59. The van der Waals surface area contributed by atoms with E-state index < -0.39 is 8.32 Å². The second kappa shape index (κ2) is 8.00. The van der Waals surface area contributed by atoms with Crippen molar-refractivity contribution in [3.05, 3.63) is 47.5 Å². The van der Waals surface area contributed by atoms with E-state index in [0.717, 1.165) is 19.2 Å². The SMILES string of the molecule is CC(C)(C)[Si](C)(C)OCCCC1=CC2CCC(C1)N2Cc1ccccc1. The van der Waals surface area contributed by atoms with Crippen LogP contribution in [0.1, 0.15) is 58.4 Å². The second-order valence-corrected chi connectivity index (χ2v) is 14.5. The fourth-order valence-electron chi connectivity index (χ4n) is 4.08. The molecule has 2 unspecified atom stereocenters. The van der Waals surface area contributed by atoms with E-state index in [4.69, 9.17) is 4.43 Å². The Morgan fingerprint density at radius 2 is 1.85 bits per heavy atom. The molecule has 0 spiro atoms. The summed E-state index contributed by atoms with van der Waals surface area (Å²) >= 11 is 0. The van der Waals surface area contributed by atoms with Crippen molar-refractivity contribution < 1.29 is 4.43 Å². The van der Waals surface area contributed by atoms with Crippen molar-refractivity contribution in [1.29, 1.82) is 0 Å². The van der Waals surface area contributed by atoms with Crippen molar-refractivity contribution in [3.63, 3.8) is 0 Å². The van der Waals surface area contributed by atoms with Crippen molar-refractivity contribution in [2.75, 3.05) is 6.61 Å². The number of hydrogen-bond donors (Lipinski definition) is 0. The summed E-state index contributed by atoms with van der Waals surface area (Å²) in [6, 6.07) is 12.4. The highest BCUT2D eigenvalue weighted by Crippen LogP contribution is 2.38. The van der Waals surface area contributed by atoms with Gasteiger partial charge in [0.05, 0.1) is 0 Å². The monoisotopic (exact) mass is 371 g/mol. The smallest absolute Gasteiger partial charge is 0.191 e. The van der Waals surface area contributed by atoms with Gasteiger partial charge in [0.2, 0.25) is 0 Å². The van der Waals surface area contributed by atoms with Crippen LogP contribution in [0.15, 0.2) is 42.0 Å². The van der Waals surface area contributed by atoms with E-state index in [1.165, 1.54) is 37.7 Å². The zero-order valence-corrected chi connectivity index (χ0v) is 18.4. The van der Waals surface area contributed by atoms with Crippen molar-refractivity contribution >= 4 is 8.32 Å². The Labute approximate surface area is 161 Å². The lowest BCUT2D eigenvalue weighted by Crippen LogP contribution is -2.41. The van der Waals surface area contributed by atoms with Crippen molar-refractivity contribution in [2.45, 2.75) is 89.6 Å². The maximum Gasteiger partial charge on any atom is 0.191 e. The van der Waals surface area contributed by atoms with Gasteiger partial charge in [0.25, 0.3) is 0 Å². The molecule has 1 fully saturated rings. The summed E-state index contributed by atoms with van der Waals surface area (Å²) in [5, 5.41) is 0.314. The van der Waals surface area contributed by atoms with Crippen LogP contribution in [0.2, 0.25) is 18.1 Å². The number of fused-ring (bicyclic) bond motifs is 2. The van der Waals surface area contributed by atoms with Crippen LogP contribution in [0, 0.1) is 0 Å². The molecular weight excluding hydrogens is 334 g/mol. The van der Waals surface area contributed by atoms with Crippen LogP contribution in [0.4, 0.5) is 0 Å². The molecule has 26 heavy (non-hydrogen) atoms. The van der Waals surface area contributed by atoms with Crippen LogP contribution in [0.25, 0.3) is 0 Å². The van der Waals surface area contributed by atoms with Gasteiger partial charge in [0.1, 0.15) is 0 Å². The minimum atomic E-state index is -1.59. The molecule has 1 saturated heterocycles. The molecule has 144 valence electrons.